The lowest BCUT2D eigenvalue weighted by atomic mass is 10.1. The van der Waals surface area contributed by atoms with Gasteiger partial charge in [-0.15, -0.1) is 23.5 Å². The summed E-state index contributed by atoms with van der Waals surface area (Å²) in [6, 6.07) is 6.36. The van der Waals surface area contributed by atoms with E-state index in [-0.39, 0.29) is 11.4 Å². The Morgan fingerprint density at radius 3 is 1.43 bits per heavy atom. The molecule has 0 N–H and O–H groups in total. The van der Waals surface area contributed by atoms with E-state index >= 15 is 0 Å². The number of thioether (sulfide) groups is 2. The summed E-state index contributed by atoms with van der Waals surface area (Å²) in [6.07, 6.45) is 0. The zero-order valence-corrected chi connectivity index (χ0v) is 18.6. The van der Waals surface area contributed by atoms with Crippen molar-refractivity contribution in [1.82, 2.24) is 0 Å². The van der Waals surface area contributed by atoms with Crippen LogP contribution in [0, 0.1) is 47.9 Å². The molecule has 0 saturated carbocycles. The molecule has 1 saturated heterocycles. The molecule has 2 aromatic rings. The van der Waals surface area contributed by atoms with Gasteiger partial charge in [0.25, 0.3) is 11.4 Å². The molecule has 30 heavy (non-hydrogen) atoms. The van der Waals surface area contributed by atoms with Crippen LogP contribution in [0.4, 0.5) is 22.7 Å². The van der Waals surface area contributed by atoms with Crippen LogP contribution in [0.2, 0.25) is 0 Å². The Morgan fingerprint density at radius 1 is 0.733 bits per heavy atom. The number of nitro groups is 2. The lowest BCUT2D eigenvalue weighted by Crippen LogP contribution is -2.15. The summed E-state index contributed by atoms with van der Waals surface area (Å²) in [5, 5.41) is 24.0. The molecule has 1 aliphatic rings. The van der Waals surface area contributed by atoms with Crippen LogP contribution in [0.15, 0.2) is 34.3 Å². The highest BCUT2D eigenvalue weighted by Gasteiger charge is 2.22. The van der Waals surface area contributed by atoms with Gasteiger partial charge in [0.1, 0.15) is 10.1 Å². The van der Waals surface area contributed by atoms with Gasteiger partial charge in [-0.05, 0) is 38.8 Å². The predicted octanol–water partition coefficient (Wildman–Crippen LogP) is 5.98. The molecule has 3 rings (SSSR count). The summed E-state index contributed by atoms with van der Waals surface area (Å²) in [5.41, 5.74) is 3.86. The second-order valence-electron chi connectivity index (χ2n) is 6.80. The SMILES string of the molecule is Cc1ccc([N+](=O)[O-])c(C)c1N=C1SCCSC1=Nc1c(C)ccc([N+](=O)[O-])c1C. The maximum atomic E-state index is 11.3. The average molecular weight is 445 g/mol. The molecule has 0 bridgehead atoms. The largest absolute Gasteiger partial charge is 0.274 e. The van der Waals surface area contributed by atoms with Crippen molar-refractivity contribution in [3.8, 4) is 0 Å². The molecule has 2 aromatic carbocycles. The number of nitrogens with zero attached hydrogens (tertiary/aromatic N) is 4. The lowest BCUT2D eigenvalue weighted by Gasteiger charge is -2.17. The molecule has 1 aliphatic heterocycles. The van der Waals surface area contributed by atoms with E-state index in [1.54, 1.807) is 26.0 Å². The van der Waals surface area contributed by atoms with Gasteiger partial charge in [0.2, 0.25) is 0 Å². The Morgan fingerprint density at radius 2 is 1.10 bits per heavy atom. The average Bonchev–Trinajstić information content (AvgIpc) is 2.68. The normalized spacial score (nSPS) is 16.8. The summed E-state index contributed by atoms with van der Waals surface area (Å²) in [5.74, 6) is 1.67. The first-order valence-corrected chi connectivity index (χ1v) is 11.1. The monoisotopic (exact) mass is 444 g/mol. The van der Waals surface area contributed by atoms with E-state index in [2.05, 4.69) is 0 Å². The van der Waals surface area contributed by atoms with Crippen molar-refractivity contribution in [2.45, 2.75) is 27.7 Å². The van der Waals surface area contributed by atoms with E-state index in [1.807, 2.05) is 13.8 Å². The molecule has 156 valence electrons. The highest BCUT2D eigenvalue weighted by Crippen LogP contribution is 2.36. The molecule has 0 atom stereocenters. The molecule has 0 aliphatic carbocycles. The molecule has 10 heteroatoms. The third kappa shape index (κ3) is 4.39. The van der Waals surface area contributed by atoms with Gasteiger partial charge in [-0.3, -0.25) is 20.2 Å². The topological polar surface area (TPSA) is 111 Å². The van der Waals surface area contributed by atoms with Gasteiger partial charge in [0.05, 0.1) is 32.3 Å². The van der Waals surface area contributed by atoms with E-state index in [0.29, 0.717) is 32.6 Å². The van der Waals surface area contributed by atoms with Gasteiger partial charge in [-0.25, -0.2) is 9.98 Å². The van der Waals surface area contributed by atoms with Crippen LogP contribution in [0.25, 0.3) is 0 Å². The Balaban J connectivity index is 2.14. The van der Waals surface area contributed by atoms with Crippen molar-refractivity contribution in [2.24, 2.45) is 9.98 Å². The number of hydrogen-bond acceptors (Lipinski definition) is 8. The first kappa shape index (κ1) is 22.0. The molecule has 0 aromatic heterocycles. The quantitative estimate of drug-likeness (QED) is 0.424. The van der Waals surface area contributed by atoms with Crippen LogP contribution in [-0.4, -0.2) is 31.4 Å². The summed E-state index contributed by atoms with van der Waals surface area (Å²) in [7, 11) is 0. The molecule has 1 fully saturated rings. The van der Waals surface area contributed by atoms with Gasteiger partial charge in [-0.2, -0.15) is 0 Å². The Kier molecular flexibility index (Phi) is 6.57. The minimum absolute atomic E-state index is 0.0253. The first-order valence-electron chi connectivity index (χ1n) is 9.13. The highest BCUT2D eigenvalue weighted by atomic mass is 32.2. The molecule has 0 unspecified atom stereocenters. The van der Waals surface area contributed by atoms with Crippen molar-refractivity contribution in [1.29, 1.82) is 0 Å². The van der Waals surface area contributed by atoms with E-state index < -0.39 is 9.85 Å². The van der Waals surface area contributed by atoms with E-state index in [1.165, 1.54) is 35.7 Å². The van der Waals surface area contributed by atoms with Crippen LogP contribution in [0.3, 0.4) is 0 Å². The summed E-state index contributed by atoms with van der Waals surface area (Å²) in [6.45, 7) is 7.11. The number of benzene rings is 2. The fourth-order valence-corrected chi connectivity index (χ4v) is 5.21. The van der Waals surface area contributed by atoms with Gasteiger partial charge in [-0.1, -0.05) is 12.1 Å². The summed E-state index contributed by atoms with van der Waals surface area (Å²) in [4.78, 5) is 31.3. The second kappa shape index (κ2) is 8.97. The van der Waals surface area contributed by atoms with Gasteiger partial charge < -0.3 is 0 Å². The molecule has 8 nitrogen and oxygen atoms in total. The number of aryl methyl sites for hydroxylation is 2. The van der Waals surface area contributed by atoms with Gasteiger partial charge in [0.15, 0.2) is 0 Å². The summed E-state index contributed by atoms with van der Waals surface area (Å²) < 4.78 is 0. The van der Waals surface area contributed by atoms with Crippen LogP contribution in [0.5, 0.6) is 0 Å². The van der Waals surface area contributed by atoms with Crippen LogP contribution in [-0.2, 0) is 0 Å². The minimum atomic E-state index is -0.411. The summed E-state index contributed by atoms with van der Waals surface area (Å²) >= 11 is 3.07. The molecule has 0 spiro atoms. The van der Waals surface area contributed by atoms with E-state index in [9.17, 15) is 20.2 Å². The Labute approximate surface area is 182 Å². The van der Waals surface area contributed by atoms with Crippen molar-refractivity contribution in [3.63, 3.8) is 0 Å². The van der Waals surface area contributed by atoms with Gasteiger partial charge in [0, 0.05) is 23.6 Å². The number of aliphatic imine (C=N–C) groups is 2. The van der Waals surface area contributed by atoms with Crippen molar-refractivity contribution < 1.29 is 9.85 Å². The molecule has 0 radical (unpaired) electrons. The molecular formula is C20H20N4O4S2. The maximum Gasteiger partial charge on any atom is 0.274 e. The highest BCUT2D eigenvalue weighted by molar-refractivity contribution is 8.27. The van der Waals surface area contributed by atoms with E-state index in [4.69, 9.17) is 9.98 Å². The molecule has 1 heterocycles. The lowest BCUT2D eigenvalue weighted by molar-refractivity contribution is -0.385. The number of rotatable bonds is 4. The minimum Gasteiger partial charge on any atom is -0.258 e. The van der Waals surface area contributed by atoms with Crippen molar-refractivity contribution in [2.75, 3.05) is 11.5 Å². The fraction of sp³-hybridized carbons (Fsp3) is 0.300. The maximum absolute atomic E-state index is 11.3. The zero-order chi connectivity index (χ0) is 22.0. The third-order valence-corrected chi connectivity index (χ3v) is 7.09. The number of nitro benzene ring substituents is 2. The van der Waals surface area contributed by atoms with Crippen LogP contribution in [0.1, 0.15) is 22.3 Å². The van der Waals surface area contributed by atoms with Crippen LogP contribution < -0.4 is 0 Å². The Bertz CT molecular complexity index is 1020. The Hall–Kier alpha value is -2.72. The van der Waals surface area contributed by atoms with E-state index in [0.717, 1.165) is 22.6 Å². The van der Waals surface area contributed by atoms with Crippen LogP contribution >= 0.6 is 23.5 Å². The standard InChI is InChI=1S/C20H20N4O4S2/c1-11-5-7-15(23(25)26)13(3)17(11)21-19-20(30-10-9-29-19)22-18-12(2)6-8-16(14(18)4)24(27)28/h5-8H,9-10H2,1-4H3. The first-order chi connectivity index (χ1) is 14.2. The van der Waals surface area contributed by atoms with Crippen molar-refractivity contribution >= 4 is 56.4 Å². The smallest absolute Gasteiger partial charge is 0.258 e. The molecule has 0 amide bonds. The third-order valence-electron chi connectivity index (χ3n) is 4.77. The fourth-order valence-electron chi connectivity index (χ4n) is 3.15. The predicted molar refractivity (Wildman–Crippen MR) is 124 cm³/mol. The molecular weight excluding hydrogens is 424 g/mol. The van der Waals surface area contributed by atoms with Crippen molar-refractivity contribution in [3.05, 3.63) is 66.7 Å². The van der Waals surface area contributed by atoms with Gasteiger partial charge >= 0.3 is 0 Å². The number of hydrogen-bond donors (Lipinski definition) is 0. The zero-order valence-electron chi connectivity index (χ0n) is 17.0. The second-order valence-corrected chi connectivity index (χ2v) is 8.96.